The van der Waals surface area contributed by atoms with Gasteiger partial charge in [0.15, 0.2) is 0 Å². The van der Waals surface area contributed by atoms with Crippen molar-refractivity contribution < 1.29 is 9.84 Å². The van der Waals surface area contributed by atoms with Crippen LogP contribution in [-0.2, 0) is 6.61 Å². The minimum atomic E-state index is -0.0789. The molecular formula is C13H10Cl2O2. The number of para-hydroxylation sites is 1. The first-order valence-corrected chi connectivity index (χ1v) is 5.77. The summed E-state index contributed by atoms with van der Waals surface area (Å²) in [5.74, 6) is 1.14. The third-order valence-electron chi connectivity index (χ3n) is 2.21. The van der Waals surface area contributed by atoms with E-state index >= 15 is 0 Å². The van der Waals surface area contributed by atoms with Crippen molar-refractivity contribution in [3.05, 3.63) is 58.1 Å². The molecule has 0 heterocycles. The third-order valence-corrected chi connectivity index (χ3v) is 2.64. The Labute approximate surface area is 109 Å². The van der Waals surface area contributed by atoms with Crippen LogP contribution in [0.25, 0.3) is 0 Å². The van der Waals surface area contributed by atoms with Gasteiger partial charge < -0.3 is 9.84 Å². The Bertz CT molecular complexity index is 506. The van der Waals surface area contributed by atoms with Gasteiger partial charge in [-0.25, -0.2) is 0 Å². The Balaban J connectivity index is 2.31. The molecule has 0 bridgehead atoms. The lowest BCUT2D eigenvalue weighted by Crippen LogP contribution is -1.91. The molecule has 0 aliphatic carbocycles. The van der Waals surface area contributed by atoms with E-state index in [9.17, 15) is 5.11 Å². The number of aliphatic hydroxyl groups excluding tert-OH is 1. The topological polar surface area (TPSA) is 29.5 Å². The molecule has 0 amide bonds. The second-order valence-electron chi connectivity index (χ2n) is 3.47. The van der Waals surface area contributed by atoms with E-state index < -0.39 is 0 Å². The van der Waals surface area contributed by atoms with E-state index in [4.69, 9.17) is 27.9 Å². The molecule has 2 rings (SSSR count). The second-order valence-corrected chi connectivity index (χ2v) is 4.35. The smallest absolute Gasteiger partial charge is 0.132 e. The molecule has 0 spiro atoms. The van der Waals surface area contributed by atoms with Crippen LogP contribution < -0.4 is 4.74 Å². The lowest BCUT2D eigenvalue weighted by Gasteiger charge is -2.10. The molecule has 88 valence electrons. The predicted molar refractivity (Wildman–Crippen MR) is 68.9 cm³/mol. The summed E-state index contributed by atoms with van der Waals surface area (Å²) < 4.78 is 5.63. The van der Waals surface area contributed by atoms with Gasteiger partial charge in [0.25, 0.3) is 0 Å². The van der Waals surface area contributed by atoms with E-state index in [2.05, 4.69) is 0 Å². The lowest BCUT2D eigenvalue weighted by molar-refractivity contribution is 0.276. The van der Waals surface area contributed by atoms with Crippen LogP contribution in [0.2, 0.25) is 10.0 Å². The quantitative estimate of drug-likeness (QED) is 0.901. The van der Waals surface area contributed by atoms with Gasteiger partial charge in [-0.2, -0.15) is 0 Å². The zero-order valence-electron chi connectivity index (χ0n) is 8.86. The number of ether oxygens (including phenoxy) is 1. The van der Waals surface area contributed by atoms with Crippen LogP contribution in [0.3, 0.4) is 0 Å². The van der Waals surface area contributed by atoms with Crippen molar-refractivity contribution in [1.29, 1.82) is 0 Å². The van der Waals surface area contributed by atoms with Gasteiger partial charge >= 0.3 is 0 Å². The van der Waals surface area contributed by atoms with Crippen LogP contribution in [0.5, 0.6) is 11.5 Å². The minimum Gasteiger partial charge on any atom is -0.457 e. The first kappa shape index (κ1) is 12.2. The fraction of sp³-hybridized carbons (Fsp3) is 0.0769. The van der Waals surface area contributed by atoms with E-state index in [1.807, 2.05) is 12.1 Å². The SMILES string of the molecule is OCc1ccccc1Oc1cc(Cl)cc(Cl)c1. The summed E-state index contributed by atoms with van der Waals surface area (Å²) in [5.41, 5.74) is 0.712. The van der Waals surface area contributed by atoms with Gasteiger partial charge in [0, 0.05) is 15.6 Å². The highest BCUT2D eigenvalue weighted by Crippen LogP contribution is 2.30. The van der Waals surface area contributed by atoms with Crippen LogP contribution in [0.1, 0.15) is 5.56 Å². The molecule has 0 saturated carbocycles. The Morgan fingerprint density at radius 3 is 2.29 bits per heavy atom. The van der Waals surface area contributed by atoms with E-state index in [0.29, 0.717) is 27.1 Å². The Morgan fingerprint density at radius 1 is 1.00 bits per heavy atom. The standard InChI is InChI=1S/C13H10Cl2O2/c14-10-5-11(15)7-12(6-10)17-13-4-2-1-3-9(13)8-16/h1-7,16H,8H2. The number of benzene rings is 2. The van der Waals surface area contributed by atoms with Crippen molar-refractivity contribution in [3.8, 4) is 11.5 Å². The fourth-order valence-electron chi connectivity index (χ4n) is 1.45. The highest BCUT2D eigenvalue weighted by Gasteiger charge is 2.05. The molecule has 2 nitrogen and oxygen atoms in total. The summed E-state index contributed by atoms with van der Waals surface area (Å²) in [7, 11) is 0. The van der Waals surface area contributed by atoms with Crippen molar-refractivity contribution in [1.82, 2.24) is 0 Å². The Kier molecular flexibility index (Phi) is 3.89. The zero-order valence-corrected chi connectivity index (χ0v) is 10.4. The number of halogens is 2. The molecule has 0 aliphatic rings. The molecular weight excluding hydrogens is 259 g/mol. The maximum absolute atomic E-state index is 9.17. The van der Waals surface area contributed by atoms with E-state index in [-0.39, 0.29) is 6.61 Å². The fourth-order valence-corrected chi connectivity index (χ4v) is 1.95. The molecule has 0 aromatic heterocycles. The maximum Gasteiger partial charge on any atom is 0.132 e. The van der Waals surface area contributed by atoms with Crippen LogP contribution >= 0.6 is 23.2 Å². The van der Waals surface area contributed by atoms with Crippen LogP contribution in [0, 0.1) is 0 Å². The summed E-state index contributed by atoms with van der Waals surface area (Å²) >= 11 is 11.8. The van der Waals surface area contributed by atoms with Gasteiger partial charge in [0.1, 0.15) is 11.5 Å². The van der Waals surface area contributed by atoms with E-state index in [1.54, 1.807) is 30.3 Å². The molecule has 0 atom stereocenters. The monoisotopic (exact) mass is 268 g/mol. The molecule has 0 fully saturated rings. The molecule has 0 aliphatic heterocycles. The molecule has 0 saturated heterocycles. The maximum atomic E-state index is 9.17. The van der Waals surface area contributed by atoms with Crippen LogP contribution in [0.15, 0.2) is 42.5 Å². The largest absolute Gasteiger partial charge is 0.457 e. The normalized spacial score (nSPS) is 10.3. The average molecular weight is 269 g/mol. The summed E-state index contributed by atoms with van der Waals surface area (Å²) in [5, 5.41) is 10.2. The summed E-state index contributed by atoms with van der Waals surface area (Å²) in [6.07, 6.45) is 0. The number of rotatable bonds is 3. The predicted octanol–water partition coefficient (Wildman–Crippen LogP) is 4.28. The van der Waals surface area contributed by atoms with Crippen molar-refractivity contribution in [3.63, 3.8) is 0 Å². The number of hydrogen-bond acceptors (Lipinski definition) is 2. The minimum absolute atomic E-state index is 0.0789. The summed E-state index contributed by atoms with van der Waals surface area (Å²) in [6, 6.07) is 12.2. The van der Waals surface area contributed by atoms with E-state index in [1.165, 1.54) is 0 Å². The van der Waals surface area contributed by atoms with E-state index in [0.717, 1.165) is 0 Å². The Hall–Kier alpha value is -1.22. The zero-order chi connectivity index (χ0) is 12.3. The first-order valence-electron chi connectivity index (χ1n) is 5.02. The highest BCUT2D eigenvalue weighted by atomic mass is 35.5. The van der Waals surface area contributed by atoms with Gasteiger partial charge in [0.05, 0.1) is 6.61 Å². The molecule has 0 unspecified atom stereocenters. The molecule has 2 aromatic rings. The molecule has 0 radical (unpaired) electrons. The molecule has 2 aromatic carbocycles. The van der Waals surface area contributed by atoms with Crippen LogP contribution in [0.4, 0.5) is 0 Å². The molecule has 17 heavy (non-hydrogen) atoms. The second kappa shape index (κ2) is 5.41. The first-order chi connectivity index (χ1) is 8.19. The van der Waals surface area contributed by atoms with Gasteiger partial charge in [-0.3, -0.25) is 0 Å². The average Bonchev–Trinajstić information content (AvgIpc) is 2.28. The van der Waals surface area contributed by atoms with Crippen molar-refractivity contribution in [2.45, 2.75) is 6.61 Å². The van der Waals surface area contributed by atoms with Gasteiger partial charge in [-0.1, -0.05) is 41.4 Å². The van der Waals surface area contributed by atoms with Gasteiger partial charge in [-0.05, 0) is 24.3 Å². The van der Waals surface area contributed by atoms with Gasteiger partial charge in [0.2, 0.25) is 0 Å². The van der Waals surface area contributed by atoms with Gasteiger partial charge in [-0.15, -0.1) is 0 Å². The van der Waals surface area contributed by atoms with Crippen molar-refractivity contribution >= 4 is 23.2 Å². The van der Waals surface area contributed by atoms with Crippen molar-refractivity contribution in [2.75, 3.05) is 0 Å². The lowest BCUT2D eigenvalue weighted by atomic mass is 10.2. The Morgan fingerprint density at radius 2 is 1.65 bits per heavy atom. The summed E-state index contributed by atoms with van der Waals surface area (Å²) in [6.45, 7) is -0.0789. The van der Waals surface area contributed by atoms with Crippen molar-refractivity contribution in [2.24, 2.45) is 0 Å². The number of hydrogen-bond donors (Lipinski definition) is 1. The third kappa shape index (κ3) is 3.13. The summed E-state index contributed by atoms with van der Waals surface area (Å²) in [4.78, 5) is 0. The number of aliphatic hydroxyl groups is 1. The highest BCUT2D eigenvalue weighted by molar-refractivity contribution is 6.34. The molecule has 4 heteroatoms. The molecule has 1 N–H and O–H groups in total. The van der Waals surface area contributed by atoms with Crippen LogP contribution in [-0.4, -0.2) is 5.11 Å².